The summed E-state index contributed by atoms with van der Waals surface area (Å²) >= 11 is 5.04. The van der Waals surface area contributed by atoms with Crippen molar-refractivity contribution in [3.63, 3.8) is 0 Å². The molecule has 31 heavy (non-hydrogen) atoms. The summed E-state index contributed by atoms with van der Waals surface area (Å²) in [7, 11) is -16.9. The van der Waals surface area contributed by atoms with Crippen molar-refractivity contribution in [2.45, 2.75) is 24.1 Å². The molecule has 2 aliphatic heterocycles. The predicted octanol–water partition coefficient (Wildman–Crippen LogP) is -0.0255. The third kappa shape index (κ3) is 6.50. The predicted molar refractivity (Wildman–Crippen MR) is 103 cm³/mol. The number of allylic oxidation sites excluding steroid dienone is 1. The summed E-state index contributed by atoms with van der Waals surface area (Å²) in [5, 5.41) is 13.1. The Morgan fingerprint density at radius 1 is 1.32 bits per heavy atom. The van der Waals surface area contributed by atoms with Crippen molar-refractivity contribution >= 4 is 40.8 Å². The van der Waals surface area contributed by atoms with Crippen molar-refractivity contribution in [2.24, 2.45) is 0 Å². The molecule has 174 valence electrons. The Hall–Kier alpha value is -1.01. The average Bonchev–Trinajstić information content (AvgIpc) is 2.82. The smallest absolute Gasteiger partial charge is 0.371 e. The van der Waals surface area contributed by atoms with E-state index in [9.17, 15) is 28.1 Å². The molecule has 0 radical (unpaired) electrons. The number of hydrogen-bond acceptors (Lipinski definition) is 9. The largest absolute Gasteiger partial charge is 0.490 e. The average molecular weight is 524 g/mol. The van der Waals surface area contributed by atoms with Crippen molar-refractivity contribution in [1.29, 1.82) is 0 Å². The number of phosphoric acid groups is 3. The number of hydrogen-bond donors (Lipinski definition) is 6. The number of phosphoric ester groups is 1. The first-order chi connectivity index (χ1) is 14.0. The van der Waals surface area contributed by atoms with Gasteiger partial charge in [0, 0.05) is 11.9 Å². The quantitative estimate of drug-likeness (QED) is 0.140. The molecule has 0 saturated carbocycles. The standard InChI is InChI=1S/C12H16FN2O12P3S/c1-3-12(16)9(13)8(25-10(12)15-5-4-7(2)14-11(15)31)6-24-29(20,21)27-30(22,23)26-28(17,18)19/h1,4-5,8-10,16H,2,6H2,(H,14,31)(H,20,21)(H,22,23)(H2,17,18,19)/t8-,9?,10-,12-/m1/s1. The molecule has 0 aromatic rings. The van der Waals surface area contributed by atoms with Crippen LogP contribution in [0.25, 0.3) is 0 Å². The zero-order chi connectivity index (χ0) is 23.8. The van der Waals surface area contributed by atoms with Crippen molar-refractivity contribution in [1.82, 2.24) is 10.2 Å². The lowest BCUT2D eigenvalue weighted by Gasteiger charge is -2.35. The fourth-order valence-electron chi connectivity index (χ4n) is 2.45. The van der Waals surface area contributed by atoms with Crippen LogP contribution in [0.4, 0.5) is 4.39 Å². The number of ether oxygens (including phenoxy) is 1. The summed E-state index contributed by atoms with van der Waals surface area (Å²) in [5.41, 5.74) is -2.23. The molecule has 0 bridgehead atoms. The van der Waals surface area contributed by atoms with E-state index in [0.717, 1.165) is 4.90 Å². The summed E-state index contributed by atoms with van der Waals surface area (Å²) in [4.78, 5) is 36.6. The van der Waals surface area contributed by atoms with Crippen LogP contribution in [0, 0.1) is 12.3 Å². The molecule has 2 heterocycles. The lowest BCUT2D eigenvalue weighted by atomic mass is 9.96. The van der Waals surface area contributed by atoms with Gasteiger partial charge in [-0.25, -0.2) is 18.1 Å². The maximum Gasteiger partial charge on any atom is 0.490 e. The second kappa shape index (κ2) is 9.09. The zero-order valence-electron chi connectivity index (χ0n) is 15.0. The lowest BCUT2D eigenvalue weighted by molar-refractivity contribution is -0.0779. The Kier molecular flexibility index (Phi) is 7.69. The van der Waals surface area contributed by atoms with Gasteiger partial charge in [0.15, 0.2) is 17.5 Å². The van der Waals surface area contributed by atoms with Gasteiger partial charge in [-0.3, -0.25) is 9.42 Å². The van der Waals surface area contributed by atoms with Crippen LogP contribution >= 0.6 is 35.7 Å². The van der Waals surface area contributed by atoms with Gasteiger partial charge < -0.3 is 34.7 Å². The van der Waals surface area contributed by atoms with E-state index in [-0.39, 0.29) is 5.11 Å². The molecular weight excluding hydrogens is 508 g/mol. The summed E-state index contributed by atoms with van der Waals surface area (Å²) < 4.78 is 65.2. The van der Waals surface area contributed by atoms with Crippen LogP contribution in [0.15, 0.2) is 24.6 Å². The van der Waals surface area contributed by atoms with Gasteiger partial charge in [0.1, 0.15) is 6.10 Å². The highest BCUT2D eigenvalue weighted by Gasteiger charge is 2.59. The van der Waals surface area contributed by atoms with Gasteiger partial charge in [-0.15, -0.1) is 6.42 Å². The summed E-state index contributed by atoms with van der Waals surface area (Å²) in [6, 6.07) is 0. The van der Waals surface area contributed by atoms with Crippen LogP contribution in [-0.2, 0) is 31.6 Å². The first kappa shape index (κ1) is 26.2. The number of nitrogens with one attached hydrogen (secondary N) is 1. The van der Waals surface area contributed by atoms with Gasteiger partial charge in [0.25, 0.3) is 0 Å². The number of halogens is 1. The second-order valence-electron chi connectivity index (χ2n) is 5.96. The number of alkyl halides is 1. The molecule has 0 aliphatic carbocycles. The van der Waals surface area contributed by atoms with E-state index in [1.54, 1.807) is 0 Å². The molecule has 19 heteroatoms. The van der Waals surface area contributed by atoms with E-state index in [1.807, 2.05) is 5.92 Å². The molecule has 0 spiro atoms. The molecule has 6 atom stereocenters. The van der Waals surface area contributed by atoms with Crippen LogP contribution in [0.2, 0.25) is 0 Å². The normalized spacial score (nSPS) is 32.8. The topological polar surface area (TPSA) is 205 Å². The van der Waals surface area contributed by atoms with Crippen LogP contribution < -0.4 is 5.32 Å². The number of aliphatic hydroxyl groups is 1. The number of terminal acetylenes is 1. The number of thiocarbonyl (C=S) groups is 1. The van der Waals surface area contributed by atoms with Gasteiger partial charge in [-0.2, -0.15) is 8.62 Å². The van der Waals surface area contributed by atoms with Crippen molar-refractivity contribution < 1.29 is 60.6 Å². The van der Waals surface area contributed by atoms with Crippen LogP contribution in [0.3, 0.4) is 0 Å². The van der Waals surface area contributed by atoms with Crippen LogP contribution in [0.1, 0.15) is 0 Å². The Bertz CT molecular complexity index is 980. The third-order valence-electron chi connectivity index (χ3n) is 3.67. The first-order valence-electron chi connectivity index (χ1n) is 7.74. The molecule has 2 aliphatic rings. The fraction of sp³-hybridized carbons (Fsp3) is 0.417. The highest BCUT2D eigenvalue weighted by Crippen LogP contribution is 2.66. The monoisotopic (exact) mass is 524 g/mol. The minimum atomic E-state index is -5.76. The van der Waals surface area contributed by atoms with Crippen molar-refractivity contribution in [3.8, 4) is 12.3 Å². The zero-order valence-corrected chi connectivity index (χ0v) is 18.5. The van der Waals surface area contributed by atoms with Gasteiger partial charge in [-0.05, 0) is 18.3 Å². The number of nitrogens with zero attached hydrogens (tertiary/aromatic N) is 1. The van der Waals surface area contributed by atoms with Gasteiger partial charge in [-0.1, -0.05) is 12.5 Å². The Balaban J connectivity index is 2.13. The lowest BCUT2D eigenvalue weighted by Crippen LogP contribution is -2.55. The van der Waals surface area contributed by atoms with Gasteiger partial charge >= 0.3 is 23.5 Å². The molecule has 6 N–H and O–H groups in total. The van der Waals surface area contributed by atoms with Crippen molar-refractivity contribution in [3.05, 3.63) is 24.6 Å². The van der Waals surface area contributed by atoms with E-state index in [1.165, 1.54) is 12.3 Å². The van der Waals surface area contributed by atoms with E-state index in [0.29, 0.717) is 5.70 Å². The molecule has 0 aromatic heterocycles. The van der Waals surface area contributed by atoms with E-state index in [4.69, 9.17) is 38.1 Å². The fourth-order valence-corrected chi connectivity index (χ4v) is 5.76. The summed E-state index contributed by atoms with van der Waals surface area (Å²) in [6.45, 7) is 2.44. The minimum absolute atomic E-state index is 0.0630. The van der Waals surface area contributed by atoms with Gasteiger partial charge in [0.05, 0.1) is 6.61 Å². The summed E-state index contributed by atoms with van der Waals surface area (Å²) in [5.74, 6) is 1.82. The molecule has 0 amide bonds. The van der Waals surface area contributed by atoms with E-state index < -0.39 is 54.2 Å². The SMILES string of the molecule is C#C[C@@]1(O)C(F)[C@@H](COP(=O)(O)OP(=O)(O)OP(=O)(O)O)O[C@H]1N1C=CC(=C)NC1=S. The van der Waals surface area contributed by atoms with Crippen LogP contribution in [0.5, 0.6) is 0 Å². The van der Waals surface area contributed by atoms with Crippen LogP contribution in [-0.4, -0.2) is 65.4 Å². The highest BCUT2D eigenvalue weighted by molar-refractivity contribution is 7.80. The third-order valence-corrected chi connectivity index (χ3v) is 7.78. The molecule has 1 fully saturated rings. The van der Waals surface area contributed by atoms with Crippen molar-refractivity contribution in [2.75, 3.05) is 6.61 Å². The molecule has 2 rings (SSSR count). The summed E-state index contributed by atoms with van der Waals surface area (Å²) in [6.07, 6.45) is 2.09. The molecule has 0 aromatic carbocycles. The highest BCUT2D eigenvalue weighted by atomic mass is 32.1. The van der Waals surface area contributed by atoms with Gasteiger partial charge in [0.2, 0.25) is 5.60 Å². The molecule has 14 nitrogen and oxygen atoms in total. The molecule has 3 unspecified atom stereocenters. The molecule has 1 saturated heterocycles. The van der Waals surface area contributed by atoms with E-state index in [2.05, 4.69) is 25.0 Å². The molecular formula is C12H16FN2O12P3S. The first-order valence-corrected chi connectivity index (χ1v) is 12.7. The second-order valence-corrected chi connectivity index (χ2v) is 10.8. The maximum atomic E-state index is 14.8. The maximum absolute atomic E-state index is 14.8. The number of rotatable bonds is 8. The minimum Gasteiger partial charge on any atom is -0.371 e. The Labute approximate surface area is 179 Å². The Morgan fingerprint density at radius 2 is 1.94 bits per heavy atom. The van der Waals surface area contributed by atoms with E-state index >= 15 is 0 Å². The Morgan fingerprint density at radius 3 is 2.45 bits per heavy atom.